The molecule has 0 radical (unpaired) electrons. The van der Waals surface area contributed by atoms with Crippen LogP contribution in [0.15, 0.2) is 0 Å². The SMILES string of the molecule is CC(C)C(=O)OCSN(C)C. The Hall–Kier alpha value is -0.220. The van der Waals surface area contributed by atoms with Crippen LogP contribution in [-0.2, 0) is 9.53 Å². The van der Waals surface area contributed by atoms with Crippen molar-refractivity contribution in [3.05, 3.63) is 0 Å². The average molecular weight is 177 g/mol. The third-order valence-corrected chi connectivity index (χ3v) is 1.72. The summed E-state index contributed by atoms with van der Waals surface area (Å²) in [4.78, 5) is 10.9. The minimum atomic E-state index is -0.139. The van der Waals surface area contributed by atoms with E-state index in [0.29, 0.717) is 5.94 Å². The molecule has 0 fully saturated rings. The van der Waals surface area contributed by atoms with Gasteiger partial charge >= 0.3 is 5.97 Å². The second-order valence-electron chi connectivity index (χ2n) is 2.68. The van der Waals surface area contributed by atoms with Crippen LogP contribution in [0, 0.1) is 5.92 Å². The van der Waals surface area contributed by atoms with Crippen molar-refractivity contribution >= 4 is 17.9 Å². The van der Waals surface area contributed by atoms with E-state index in [1.165, 1.54) is 11.9 Å². The van der Waals surface area contributed by atoms with E-state index < -0.39 is 0 Å². The molecular weight excluding hydrogens is 162 g/mol. The number of hydrogen-bond acceptors (Lipinski definition) is 4. The molecule has 4 heteroatoms. The highest BCUT2D eigenvalue weighted by molar-refractivity contribution is 7.96. The summed E-state index contributed by atoms with van der Waals surface area (Å²) in [6, 6.07) is 0. The molecular formula is C7H15NO2S. The maximum absolute atomic E-state index is 10.9. The highest BCUT2D eigenvalue weighted by Gasteiger charge is 2.07. The van der Waals surface area contributed by atoms with Crippen LogP contribution in [0.25, 0.3) is 0 Å². The highest BCUT2D eigenvalue weighted by atomic mass is 32.2. The Morgan fingerprint density at radius 3 is 2.45 bits per heavy atom. The van der Waals surface area contributed by atoms with E-state index in [1.54, 1.807) is 0 Å². The number of rotatable bonds is 4. The van der Waals surface area contributed by atoms with E-state index >= 15 is 0 Å². The molecule has 0 rings (SSSR count). The number of carbonyl (C=O) groups is 1. The van der Waals surface area contributed by atoms with E-state index in [1.807, 2.05) is 32.2 Å². The van der Waals surface area contributed by atoms with Crippen molar-refractivity contribution in [2.75, 3.05) is 20.0 Å². The fourth-order valence-corrected chi connectivity index (χ4v) is 0.736. The van der Waals surface area contributed by atoms with Crippen molar-refractivity contribution in [1.82, 2.24) is 4.31 Å². The molecule has 66 valence electrons. The summed E-state index contributed by atoms with van der Waals surface area (Å²) < 4.78 is 6.79. The van der Waals surface area contributed by atoms with Gasteiger partial charge in [0.05, 0.1) is 5.92 Å². The molecule has 0 atom stereocenters. The summed E-state index contributed by atoms with van der Waals surface area (Å²) in [6.07, 6.45) is 0. The van der Waals surface area contributed by atoms with Gasteiger partial charge in [-0.2, -0.15) is 0 Å². The molecule has 0 heterocycles. The van der Waals surface area contributed by atoms with Crippen LogP contribution in [0.2, 0.25) is 0 Å². The summed E-state index contributed by atoms with van der Waals surface area (Å²) in [5.74, 6) is 0.237. The molecule has 0 aromatic carbocycles. The number of nitrogens with zero attached hydrogens (tertiary/aromatic N) is 1. The van der Waals surface area contributed by atoms with Crippen molar-refractivity contribution < 1.29 is 9.53 Å². The van der Waals surface area contributed by atoms with Crippen LogP contribution in [0.3, 0.4) is 0 Å². The van der Waals surface area contributed by atoms with E-state index in [9.17, 15) is 4.79 Å². The summed E-state index contributed by atoms with van der Waals surface area (Å²) in [7, 11) is 3.82. The van der Waals surface area contributed by atoms with Gasteiger partial charge in [0.1, 0.15) is 0 Å². The largest absolute Gasteiger partial charge is 0.453 e. The van der Waals surface area contributed by atoms with E-state index in [4.69, 9.17) is 4.74 Å². The Bertz CT molecular complexity index is 126. The van der Waals surface area contributed by atoms with Crippen molar-refractivity contribution in [3.8, 4) is 0 Å². The smallest absolute Gasteiger partial charge is 0.309 e. The topological polar surface area (TPSA) is 29.5 Å². The van der Waals surface area contributed by atoms with Crippen LogP contribution in [0.1, 0.15) is 13.8 Å². The zero-order valence-electron chi connectivity index (χ0n) is 7.46. The van der Waals surface area contributed by atoms with E-state index in [0.717, 1.165) is 0 Å². The first-order valence-electron chi connectivity index (χ1n) is 3.51. The summed E-state index contributed by atoms with van der Waals surface area (Å²) in [6.45, 7) is 3.64. The Morgan fingerprint density at radius 1 is 1.55 bits per heavy atom. The maximum atomic E-state index is 10.9. The molecule has 0 N–H and O–H groups in total. The van der Waals surface area contributed by atoms with Gasteiger partial charge in [0, 0.05) is 0 Å². The molecule has 11 heavy (non-hydrogen) atoms. The first-order chi connectivity index (χ1) is 5.04. The van der Waals surface area contributed by atoms with Crippen LogP contribution < -0.4 is 0 Å². The lowest BCUT2D eigenvalue weighted by atomic mass is 10.2. The van der Waals surface area contributed by atoms with Gasteiger partial charge in [-0.3, -0.25) is 9.10 Å². The van der Waals surface area contributed by atoms with Crippen LogP contribution in [0.4, 0.5) is 0 Å². The Morgan fingerprint density at radius 2 is 2.09 bits per heavy atom. The number of esters is 1. The Balaban J connectivity index is 3.32. The van der Waals surface area contributed by atoms with Crippen molar-refractivity contribution in [1.29, 1.82) is 0 Å². The van der Waals surface area contributed by atoms with Crippen molar-refractivity contribution in [2.45, 2.75) is 13.8 Å². The molecule has 0 unspecified atom stereocenters. The number of ether oxygens (including phenoxy) is 1. The monoisotopic (exact) mass is 177 g/mol. The molecule has 3 nitrogen and oxygen atoms in total. The van der Waals surface area contributed by atoms with Gasteiger partial charge < -0.3 is 4.74 Å². The summed E-state index contributed by atoms with van der Waals surface area (Å²) >= 11 is 1.47. The van der Waals surface area contributed by atoms with Crippen molar-refractivity contribution in [3.63, 3.8) is 0 Å². The fourth-order valence-electron chi connectivity index (χ4n) is 0.357. The zero-order chi connectivity index (χ0) is 8.85. The standard InChI is InChI=1S/C7H15NO2S/c1-6(2)7(9)10-5-11-8(3)4/h6H,5H2,1-4H3. The zero-order valence-corrected chi connectivity index (χ0v) is 8.27. The predicted molar refractivity (Wildman–Crippen MR) is 47.1 cm³/mol. The van der Waals surface area contributed by atoms with Gasteiger partial charge in [-0.1, -0.05) is 13.8 Å². The molecule has 0 aromatic rings. The van der Waals surface area contributed by atoms with E-state index in [-0.39, 0.29) is 11.9 Å². The molecule has 0 aliphatic rings. The molecule has 0 bridgehead atoms. The summed E-state index contributed by atoms with van der Waals surface area (Å²) in [5.41, 5.74) is 0. The van der Waals surface area contributed by atoms with Gasteiger partial charge in [0.2, 0.25) is 0 Å². The molecule has 0 amide bonds. The lowest BCUT2D eigenvalue weighted by Crippen LogP contribution is -2.13. The molecule has 0 aliphatic carbocycles. The fraction of sp³-hybridized carbons (Fsp3) is 0.857. The molecule has 0 aliphatic heterocycles. The Kier molecular flexibility index (Phi) is 5.32. The van der Waals surface area contributed by atoms with Crippen molar-refractivity contribution in [2.24, 2.45) is 5.92 Å². The van der Waals surface area contributed by atoms with Gasteiger partial charge in [0.25, 0.3) is 0 Å². The average Bonchev–Trinajstić information content (AvgIpc) is 1.86. The second-order valence-corrected chi connectivity index (χ2v) is 3.90. The predicted octanol–water partition coefficient (Wildman–Crippen LogP) is 1.35. The second kappa shape index (κ2) is 5.43. The Labute approximate surface area is 72.2 Å². The van der Waals surface area contributed by atoms with Gasteiger partial charge in [0.15, 0.2) is 5.94 Å². The quantitative estimate of drug-likeness (QED) is 0.368. The lowest BCUT2D eigenvalue weighted by Gasteiger charge is -2.09. The first kappa shape index (κ1) is 10.8. The van der Waals surface area contributed by atoms with Crippen LogP contribution in [-0.4, -0.2) is 30.3 Å². The van der Waals surface area contributed by atoms with Gasteiger partial charge in [-0.15, -0.1) is 0 Å². The number of hydrogen-bond donors (Lipinski definition) is 0. The number of carbonyl (C=O) groups excluding carboxylic acids is 1. The lowest BCUT2D eigenvalue weighted by molar-refractivity contribution is -0.145. The molecule has 0 saturated heterocycles. The highest BCUT2D eigenvalue weighted by Crippen LogP contribution is 2.05. The minimum Gasteiger partial charge on any atom is -0.453 e. The van der Waals surface area contributed by atoms with Crippen LogP contribution in [0.5, 0.6) is 0 Å². The normalized spacial score (nSPS) is 10.7. The first-order valence-corrected chi connectivity index (χ1v) is 4.45. The minimum absolute atomic E-state index is 0.0298. The summed E-state index contributed by atoms with van der Waals surface area (Å²) in [5, 5.41) is 0. The molecule has 0 saturated carbocycles. The maximum Gasteiger partial charge on any atom is 0.309 e. The molecule has 0 spiro atoms. The third-order valence-electron chi connectivity index (χ3n) is 0.983. The van der Waals surface area contributed by atoms with E-state index in [2.05, 4.69) is 0 Å². The van der Waals surface area contributed by atoms with Gasteiger partial charge in [-0.25, -0.2) is 0 Å². The third kappa shape index (κ3) is 6.19. The molecule has 0 aromatic heterocycles. The van der Waals surface area contributed by atoms with Crippen LogP contribution >= 0.6 is 11.9 Å². The van der Waals surface area contributed by atoms with Gasteiger partial charge in [-0.05, 0) is 26.0 Å².